The van der Waals surface area contributed by atoms with E-state index in [1.165, 1.54) is 0 Å². The van der Waals surface area contributed by atoms with E-state index in [0.717, 1.165) is 11.3 Å². The van der Waals surface area contributed by atoms with Crippen LogP contribution in [0.1, 0.15) is 15.9 Å². The Morgan fingerprint density at radius 2 is 1.97 bits per heavy atom. The Morgan fingerprint density at radius 1 is 1.14 bits per heavy atom. The number of carbonyl (C=O) groups excluding carboxylic acids is 2. The van der Waals surface area contributed by atoms with Gasteiger partial charge in [0.25, 0.3) is 0 Å². The van der Waals surface area contributed by atoms with Crippen LogP contribution < -0.4 is 15.4 Å². The van der Waals surface area contributed by atoms with Gasteiger partial charge in [0.1, 0.15) is 11.6 Å². The van der Waals surface area contributed by atoms with Crippen molar-refractivity contribution in [3.63, 3.8) is 0 Å². The first-order chi connectivity index (χ1) is 14.0. The van der Waals surface area contributed by atoms with E-state index in [1.807, 2.05) is 58.3 Å². The van der Waals surface area contributed by atoms with Crippen LogP contribution in [0.4, 0.5) is 5.82 Å². The number of para-hydroxylation sites is 1. The minimum absolute atomic E-state index is 0.00894. The standard InChI is InChI=1S/C22H22N4O3/c1-29-16-6-4-5-15(11-16)13-26-10-9-25(14-21(26)27)20-12-18(22(23)28)17-7-2-3-8-19(17)24-20/h2-8,11-12H,9-10,13-14H2,1H3,(H2,23,28). The lowest BCUT2D eigenvalue weighted by Gasteiger charge is -2.35. The molecule has 7 nitrogen and oxygen atoms in total. The van der Waals surface area contributed by atoms with Crippen molar-refractivity contribution < 1.29 is 14.3 Å². The molecule has 0 spiro atoms. The molecule has 3 aromatic rings. The molecule has 7 heteroatoms. The SMILES string of the molecule is COc1cccc(CN2CCN(c3cc(C(N)=O)c4ccccc4n3)CC2=O)c1. The third kappa shape index (κ3) is 3.85. The molecule has 2 aromatic carbocycles. The Labute approximate surface area is 168 Å². The molecule has 1 fully saturated rings. The smallest absolute Gasteiger partial charge is 0.249 e. The highest BCUT2D eigenvalue weighted by Gasteiger charge is 2.26. The molecule has 0 saturated carbocycles. The highest BCUT2D eigenvalue weighted by molar-refractivity contribution is 6.06. The molecule has 1 aliphatic heterocycles. The number of fused-ring (bicyclic) bond motifs is 1. The van der Waals surface area contributed by atoms with E-state index in [1.54, 1.807) is 13.2 Å². The number of anilines is 1. The number of pyridine rings is 1. The van der Waals surface area contributed by atoms with Gasteiger partial charge in [-0.15, -0.1) is 0 Å². The molecule has 0 aliphatic carbocycles. The van der Waals surface area contributed by atoms with Crippen molar-refractivity contribution in [3.8, 4) is 5.75 Å². The predicted octanol–water partition coefficient (Wildman–Crippen LogP) is 2.19. The number of aromatic nitrogens is 1. The van der Waals surface area contributed by atoms with Crippen molar-refractivity contribution in [1.82, 2.24) is 9.88 Å². The molecule has 29 heavy (non-hydrogen) atoms. The number of rotatable bonds is 5. The largest absolute Gasteiger partial charge is 0.497 e. The molecule has 1 saturated heterocycles. The molecular weight excluding hydrogens is 368 g/mol. The van der Waals surface area contributed by atoms with Crippen LogP contribution >= 0.6 is 0 Å². The van der Waals surface area contributed by atoms with Gasteiger partial charge in [0.05, 0.1) is 24.7 Å². The fraction of sp³-hybridized carbons (Fsp3) is 0.227. The number of ether oxygens (including phenoxy) is 1. The van der Waals surface area contributed by atoms with E-state index >= 15 is 0 Å². The number of nitrogens with two attached hydrogens (primary N) is 1. The van der Waals surface area contributed by atoms with Crippen molar-refractivity contribution in [1.29, 1.82) is 0 Å². The first-order valence-electron chi connectivity index (χ1n) is 9.40. The molecule has 0 bridgehead atoms. The lowest BCUT2D eigenvalue weighted by atomic mass is 10.1. The number of amides is 2. The summed E-state index contributed by atoms with van der Waals surface area (Å²) in [6.45, 7) is 1.92. The minimum Gasteiger partial charge on any atom is -0.497 e. The molecule has 1 aliphatic rings. The summed E-state index contributed by atoms with van der Waals surface area (Å²) in [5.41, 5.74) is 7.69. The molecule has 2 amide bonds. The van der Waals surface area contributed by atoms with Gasteiger partial charge in [0, 0.05) is 25.0 Å². The van der Waals surface area contributed by atoms with Crippen molar-refractivity contribution in [2.45, 2.75) is 6.54 Å². The first kappa shape index (κ1) is 18.7. The normalized spacial score (nSPS) is 14.3. The second-order valence-corrected chi connectivity index (χ2v) is 7.00. The summed E-state index contributed by atoms with van der Waals surface area (Å²) in [6.07, 6.45) is 0. The van der Waals surface area contributed by atoms with Crippen LogP contribution in [0.5, 0.6) is 5.75 Å². The number of primary amides is 1. The van der Waals surface area contributed by atoms with Gasteiger partial charge in [-0.25, -0.2) is 4.98 Å². The van der Waals surface area contributed by atoms with Crippen LogP contribution in [0.2, 0.25) is 0 Å². The van der Waals surface area contributed by atoms with Gasteiger partial charge in [0.15, 0.2) is 0 Å². The monoisotopic (exact) mass is 390 g/mol. The lowest BCUT2D eigenvalue weighted by Crippen LogP contribution is -2.50. The number of methoxy groups -OCH3 is 1. The average Bonchev–Trinajstić information content (AvgIpc) is 2.74. The van der Waals surface area contributed by atoms with Crippen LogP contribution in [0.3, 0.4) is 0 Å². The highest BCUT2D eigenvalue weighted by Crippen LogP contribution is 2.24. The van der Waals surface area contributed by atoms with E-state index in [9.17, 15) is 9.59 Å². The lowest BCUT2D eigenvalue weighted by molar-refractivity contribution is -0.131. The Morgan fingerprint density at radius 3 is 2.72 bits per heavy atom. The Hall–Kier alpha value is -3.61. The summed E-state index contributed by atoms with van der Waals surface area (Å²) < 4.78 is 5.25. The topological polar surface area (TPSA) is 88.8 Å². The summed E-state index contributed by atoms with van der Waals surface area (Å²) in [7, 11) is 1.62. The molecule has 148 valence electrons. The second kappa shape index (κ2) is 7.79. The maximum Gasteiger partial charge on any atom is 0.249 e. The molecule has 2 N–H and O–H groups in total. The molecule has 0 atom stereocenters. The average molecular weight is 390 g/mol. The van der Waals surface area contributed by atoms with Gasteiger partial charge >= 0.3 is 0 Å². The van der Waals surface area contributed by atoms with Crippen molar-refractivity contribution >= 4 is 28.5 Å². The minimum atomic E-state index is -0.507. The maximum absolute atomic E-state index is 12.8. The Balaban J connectivity index is 1.54. The number of hydrogen-bond acceptors (Lipinski definition) is 5. The predicted molar refractivity (Wildman–Crippen MR) is 111 cm³/mol. The van der Waals surface area contributed by atoms with Crippen LogP contribution in [0.15, 0.2) is 54.6 Å². The summed E-state index contributed by atoms with van der Waals surface area (Å²) in [5, 5.41) is 0.715. The number of nitrogens with zero attached hydrogens (tertiary/aromatic N) is 3. The van der Waals surface area contributed by atoms with Crippen LogP contribution in [-0.4, -0.2) is 48.4 Å². The van der Waals surface area contributed by atoms with Crippen molar-refractivity contribution in [3.05, 3.63) is 65.7 Å². The highest BCUT2D eigenvalue weighted by atomic mass is 16.5. The van der Waals surface area contributed by atoms with E-state index < -0.39 is 5.91 Å². The van der Waals surface area contributed by atoms with E-state index in [4.69, 9.17) is 10.5 Å². The Bertz CT molecular complexity index is 1080. The van der Waals surface area contributed by atoms with E-state index in [2.05, 4.69) is 4.98 Å². The van der Waals surface area contributed by atoms with E-state index in [0.29, 0.717) is 41.9 Å². The number of carbonyl (C=O) groups is 2. The zero-order valence-corrected chi connectivity index (χ0v) is 16.2. The maximum atomic E-state index is 12.8. The molecule has 1 aromatic heterocycles. The van der Waals surface area contributed by atoms with Gasteiger partial charge in [-0.3, -0.25) is 9.59 Å². The van der Waals surface area contributed by atoms with Gasteiger partial charge in [-0.1, -0.05) is 30.3 Å². The number of benzene rings is 2. The van der Waals surface area contributed by atoms with Crippen molar-refractivity contribution in [2.24, 2.45) is 5.73 Å². The fourth-order valence-corrected chi connectivity index (χ4v) is 3.59. The Kier molecular flexibility index (Phi) is 5.03. The molecule has 2 heterocycles. The molecular formula is C22H22N4O3. The number of piperazine rings is 1. The van der Waals surface area contributed by atoms with Crippen LogP contribution in [0.25, 0.3) is 10.9 Å². The third-order valence-corrected chi connectivity index (χ3v) is 5.12. The summed E-state index contributed by atoms with van der Waals surface area (Å²) in [5.74, 6) is 0.863. The molecule has 0 radical (unpaired) electrons. The third-order valence-electron chi connectivity index (χ3n) is 5.12. The quantitative estimate of drug-likeness (QED) is 0.721. The van der Waals surface area contributed by atoms with Crippen molar-refractivity contribution in [2.75, 3.05) is 31.6 Å². The van der Waals surface area contributed by atoms with Gasteiger partial charge in [-0.05, 0) is 29.8 Å². The molecule has 4 rings (SSSR count). The summed E-state index contributed by atoms with van der Waals surface area (Å²) >= 11 is 0. The second-order valence-electron chi connectivity index (χ2n) is 7.00. The van der Waals surface area contributed by atoms with E-state index in [-0.39, 0.29) is 12.5 Å². The first-order valence-corrected chi connectivity index (χ1v) is 9.40. The van der Waals surface area contributed by atoms with Gasteiger partial charge < -0.3 is 20.3 Å². The zero-order valence-electron chi connectivity index (χ0n) is 16.2. The summed E-state index contributed by atoms with van der Waals surface area (Å²) in [4.78, 5) is 33.0. The van der Waals surface area contributed by atoms with Gasteiger partial charge in [-0.2, -0.15) is 0 Å². The summed E-state index contributed by atoms with van der Waals surface area (Å²) in [6, 6.07) is 16.8. The van der Waals surface area contributed by atoms with Gasteiger partial charge in [0.2, 0.25) is 11.8 Å². The van der Waals surface area contributed by atoms with Crippen LogP contribution in [-0.2, 0) is 11.3 Å². The zero-order chi connectivity index (χ0) is 20.4. The van der Waals surface area contributed by atoms with Crippen LogP contribution in [0, 0.1) is 0 Å². The number of hydrogen-bond donors (Lipinski definition) is 1. The fourth-order valence-electron chi connectivity index (χ4n) is 3.59. The molecule has 0 unspecified atom stereocenters.